The predicted molar refractivity (Wildman–Crippen MR) is 106 cm³/mol. The lowest BCUT2D eigenvalue weighted by Crippen LogP contribution is -2.42. The van der Waals surface area contributed by atoms with E-state index >= 15 is 0 Å². The van der Waals surface area contributed by atoms with Gasteiger partial charge in [0.15, 0.2) is 0 Å². The lowest BCUT2D eigenvalue weighted by atomic mass is 9.75. The molecule has 0 aromatic rings. The van der Waals surface area contributed by atoms with E-state index in [9.17, 15) is 0 Å². The van der Waals surface area contributed by atoms with Gasteiger partial charge in [0, 0.05) is 17.7 Å². The standard InChI is InChI=1S/C21H39N3/c1-6-7-13-19-17(5)23-21(22-16(4)14-15(2)3)24-20(19)18-11-9-8-10-12-18/h15-16,18-20H,6-14H2,1-5H3,(H,22,24). The van der Waals surface area contributed by atoms with Crippen LogP contribution in [0.2, 0.25) is 0 Å². The molecule has 1 aliphatic carbocycles. The molecule has 0 saturated heterocycles. The van der Waals surface area contributed by atoms with E-state index in [0.29, 0.717) is 23.9 Å². The molecule has 3 nitrogen and oxygen atoms in total. The van der Waals surface area contributed by atoms with E-state index in [2.05, 4.69) is 39.9 Å². The molecule has 138 valence electrons. The quantitative estimate of drug-likeness (QED) is 0.647. The van der Waals surface area contributed by atoms with Crippen LogP contribution in [0.1, 0.15) is 92.4 Å². The number of hydrogen-bond acceptors (Lipinski definition) is 3. The third-order valence-electron chi connectivity index (χ3n) is 5.70. The number of aliphatic imine (C=N–C) groups is 2. The molecule has 3 heteroatoms. The van der Waals surface area contributed by atoms with Gasteiger partial charge in [-0.25, -0.2) is 9.98 Å². The summed E-state index contributed by atoms with van der Waals surface area (Å²) in [5, 5.41) is 3.59. The van der Waals surface area contributed by atoms with E-state index in [0.717, 1.165) is 11.9 Å². The number of rotatable bonds is 7. The van der Waals surface area contributed by atoms with E-state index in [1.54, 1.807) is 0 Å². The van der Waals surface area contributed by atoms with Crippen molar-refractivity contribution in [2.75, 3.05) is 0 Å². The molecule has 1 saturated carbocycles. The Labute approximate surface area is 149 Å². The second-order valence-electron chi connectivity index (χ2n) is 8.52. The Morgan fingerprint density at radius 3 is 2.46 bits per heavy atom. The fourth-order valence-electron chi connectivity index (χ4n) is 4.53. The van der Waals surface area contributed by atoms with E-state index in [-0.39, 0.29) is 0 Å². The third kappa shape index (κ3) is 5.60. The third-order valence-corrected chi connectivity index (χ3v) is 5.70. The Hall–Kier alpha value is -0.860. The first-order chi connectivity index (χ1) is 11.5. The van der Waals surface area contributed by atoms with Crippen LogP contribution >= 0.6 is 0 Å². The SMILES string of the molecule is CCCCC1C(C)=NC(NC(C)CC(C)C)=NC1C1CCCCC1. The Balaban J connectivity index is 2.11. The zero-order valence-corrected chi connectivity index (χ0v) is 16.6. The molecule has 0 bridgehead atoms. The van der Waals surface area contributed by atoms with Crippen LogP contribution in [0.5, 0.6) is 0 Å². The topological polar surface area (TPSA) is 36.8 Å². The molecule has 0 aromatic heterocycles. The van der Waals surface area contributed by atoms with Crippen molar-refractivity contribution in [3.8, 4) is 0 Å². The lowest BCUT2D eigenvalue weighted by molar-refractivity contribution is 0.264. The van der Waals surface area contributed by atoms with E-state index in [4.69, 9.17) is 9.98 Å². The highest BCUT2D eigenvalue weighted by Gasteiger charge is 2.34. The van der Waals surface area contributed by atoms with Crippen LogP contribution in [0.3, 0.4) is 0 Å². The Morgan fingerprint density at radius 2 is 1.83 bits per heavy atom. The maximum absolute atomic E-state index is 5.16. The number of nitrogens with one attached hydrogen (secondary N) is 1. The molecule has 2 aliphatic rings. The van der Waals surface area contributed by atoms with Gasteiger partial charge in [0.1, 0.15) is 0 Å². The molecule has 2 rings (SSSR count). The highest BCUT2D eigenvalue weighted by atomic mass is 15.2. The van der Waals surface area contributed by atoms with Crippen molar-refractivity contribution in [2.45, 2.75) is 104 Å². The van der Waals surface area contributed by atoms with Crippen molar-refractivity contribution in [2.24, 2.45) is 27.7 Å². The molecule has 0 aromatic carbocycles. The molecule has 1 fully saturated rings. The molecule has 24 heavy (non-hydrogen) atoms. The highest BCUT2D eigenvalue weighted by Crippen LogP contribution is 2.35. The average molecular weight is 334 g/mol. The molecule has 0 radical (unpaired) electrons. The second-order valence-corrected chi connectivity index (χ2v) is 8.52. The van der Waals surface area contributed by atoms with Crippen LogP contribution in [0, 0.1) is 17.8 Å². The molecule has 0 amide bonds. The summed E-state index contributed by atoms with van der Waals surface area (Å²) in [6.07, 6.45) is 11.9. The molecule has 3 atom stereocenters. The fourth-order valence-corrected chi connectivity index (χ4v) is 4.53. The van der Waals surface area contributed by atoms with Crippen LogP contribution in [-0.4, -0.2) is 23.8 Å². The molecule has 1 aliphatic heterocycles. The fraction of sp³-hybridized carbons (Fsp3) is 0.905. The van der Waals surface area contributed by atoms with Crippen LogP contribution in [-0.2, 0) is 0 Å². The van der Waals surface area contributed by atoms with Gasteiger partial charge in [0.25, 0.3) is 0 Å². The maximum atomic E-state index is 5.16. The zero-order chi connectivity index (χ0) is 17.5. The monoisotopic (exact) mass is 333 g/mol. The summed E-state index contributed by atoms with van der Waals surface area (Å²) in [6.45, 7) is 11.3. The van der Waals surface area contributed by atoms with Crippen molar-refractivity contribution < 1.29 is 0 Å². The largest absolute Gasteiger partial charge is 0.352 e. The van der Waals surface area contributed by atoms with Gasteiger partial charge in [0.2, 0.25) is 5.96 Å². The summed E-state index contributed by atoms with van der Waals surface area (Å²) in [5.74, 6) is 2.94. The molecule has 3 unspecified atom stereocenters. The molecule has 1 N–H and O–H groups in total. The van der Waals surface area contributed by atoms with Crippen molar-refractivity contribution in [1.82, 2.24) is 5.32 Å². The number of guanidine groups is 1. The van der Waals surface area contributed by atoms with Gasteiger partial charge in [-0.15, -0.1) is 0 Å². The zero-order valence-electron chi connectivity index (χ0n) is 16.6. The van der Waals surface area contributed by atoms with Gasteiger partial charge in [-0.1, -0.05) is 52.9 Å². The van der Waals surface area contributed by atoms with E-state index in [1.165, 1.54) is 63.5 Å². The first-order valence-electron chi connectivity index (χ1n) is 10.4. The minimum absolute atomic E-state index is 0.444. The average Bonchev–Trinajstić information content (AvgIpc) is 2.53. The van der Waals surface area contributed by atoms with Crippen molar-refractivity contribution in [3.05, 3.63) is 0 Å². The van der Waals surface area contributed by atoms with Gasteiger partial charge in [-0.3, -0.25) is 0 Å². The molecular weight excluding hydrogens is 294 g/mol. The highest BCUT2D eigenvalue weighted by molar-refractivity contribution is 5.99. The normalized spacial score (nSPS) is 26.9. The van der Waals surface area contributed by atoms with Gasteiger partial charge in [-0.2, -0.15) is 0 Å². The molecular formula is C21H39N3. The predicted octanol–water partition coefficient (Wildman–Crippen LogP) is 5.60. The second kappa shape index (κ2) is 9.58. The van der Waals surface area contributed by atoms with Gasteiger partial charge in [0.05, 0.1) is 6.04 Å². The lowest BCUT2D eigenvalue weighted by Gasteiger charge is -2.36. The van der Waals surface area contributed by atoms with Gasteiger partial charge >= 0.3 is 0 Å². The summed E-state index contributed by atoms with van der Waals surface area (Å²) in [7, 11) is 0. The molecule has 0 spiro atoms. The van der Waals surface area contributed by atoms with Crippen LogP contribution < -0.4 is 5.32 Å². The van der Waals surface area contributed by atoms with Crippen molar-refractivity contribution >= 4 is 11.7 Å². The summed E-state index contributed by atoms with van der Waals surface area (Å²) in [6, 6.07) is 0.905. The number of nitrogens with zero attached hydrogens (tertiary/aromatic N) is 2. The Kier molecular flexibility index (Phi) is 7.77. The van der Waals surface area contributed by atoms with Crippen molar-refractivity contribution in [1.29, 1.82) is 0 Å². The van der Waals surface area contributed by atoms with Crippen molar-refractivity contribution in [3.63, 3.8) is 0 Å². The summed E-state index contributed by atoms with van der Waals surface area (Å²) >= 11 is 0. The van der Waals surface area contributed by atoms with Crippen LogP contribution in [0.15, 0.2) is 9.98 Å². The van der Waals surface area contributed by atoms with Crippen LogP contribution in [0.4, 0.5) is 0 Å². The Morgan fingerprint density at radius 1 is 1.12 bits per heavy atom. The van der Waals surface area contributed by atoms with E-state index < -0.39 is 0 Å². The number of unbranched alkanes of at least 4 members (excludes halogenated alkanes) is 1. The van der Waals surface area contributed by atoms with Gasteiger partial charge in [-0.05, 0) is 51.4 Å². The number of hydrogen-bond donors (Lipinski definition) is 1. The van der Waals surface area contributed by atoms with E-state index in [1.807, 2.05) is 0 Å². The summed E-state index contributed by atoms with van der Waals surface area (Å²) in [4.78, 5) is 10.0. The first kappa shape index (κ1) is 19.5. The first-order valence-corrected chi connectivity index (χ1v) is 10.4. The maximum Gasteiger partial charge on any atom is 0.218 e. The smallest absolute Gasteiger partial charge is 0.218 e. The summed E-state index contributed by atoms with van der Waals surface area (Å²) < 4.78 is 0. The Bertz CT molecular complexity index is 432. The minimum Gasteiger partial charge on any atom is -0.352 e. The van der Waals surface area contributed by atoms with Crippen LogP contribution in [0.25, 0.3) is 0 Å². The molecule has 1 heterocycles. The summed E-state index contributed by atoms with van der Waals surface area (Å²) in [5.41, 5.74) is 1.31. The minimum atomic E-state index is 0.444. The van der Waals surface area contributed by atoms with Gasteiger partial charge < -0.3 is 5.32 Å².